The van der Waals surface area contributed by atoms with E-state index in [1.165, 1.54) is 36.2 Å². The molecular formula is C17H26N2. The van der Waals surface area contributed by atoms with E-state index in [0.29, 0.717) is 5.92 Å². The van der Waals surface area contributed by atoms with Crippen LogP contribution >= 0.6 is 0 Å². The molecule has 104 valence electrons. The molecule has 0 N–H and O–H groups in total. The van der Waals surface area contributed by atoms with Gasteiger partial charge in [0.15, 0.2) is 0 Å². The fraction of sp³-hybridized carbons (Fsp3) is 0.706. The Morgan fingerprint density at radius 3 is 2.63 bits per heavy atom. The third-order valence-corrected chi connectivity index (χ3v) is 5.62. The highest BCUT2D eigenvalue weighted by atomic mass is 15.2. The predicted molar refractivity (Wildman–Crippen MR) is 79.4 cm³/mol. The van der Waals surface area contributed by atoms with E-state index in [1.807, 2.05) is 0 Å². The van der Waals surface area contributed by atoms with Crippen LogP contribution in [0.15, 0.2) is 12.1 Å². The van der Waals surface area contributed by atoms with Gasteiger partial charge < -0.3 is 0 Å². The second-order valence-corrected chi connectivity index (χ2v) is 7.08. The molecule has 3 rings (SSSR count). The Bertz CT molecular complexity index is 492. The molecular weight excluding hydrogens is 232 g/mol. The van der Waals surface area contributed by atoms with Crippen molar-refractivity contribution < 1.29 is 0 Å². The van der Waals surface area contributed by atoms with Crippen molar-refractivity contribution in [1.82, 2.24) is 9.88 Å². The highest BCUT2D eigenvalue weighted by molar-refractivity contribution is 5.38. The molecule has 0 radical (unpaired) electrons. The SMILES string of the molecule is CC(C)c1ccc2c(n1)C(C)(N(C)C)C1CCC2C1. The predicted octanol–water partition coefficient (Wildman–Crippen LogP) is 3.88. The van der Waals surface area contributed by atoms with Crippen molar-refractivity contribution in [2.24, 2.45) is 5.92 Å². The molecule has 1 fully saturated rings. The maximum Gasteiger partial charge on any atom is 0.0644 e. The van der Waals surface area contributed by atoms with Crippen LogP contribution in [0.5, 0.6) is 0 Å². The van der Waals surface area contributed by atoms with Crippen LogP contribution in [0.2, 0.25) is 0 Å². The van der Waals surface area contributed by atoms with E-state index in [0.717, 1.165) is 11.8 Å². The summed E-state index contributed by atoms with van der Waals surface area (Å²) in [5, 5.41) is 0. The molecule has 1 aromatic heterocycles. The molecule has 1 saturated carbocycles. The molecule has 1 heterocycles. The molecule has 2 aliphatic rings. The second-order valence-electron chi connectivity index (χ2n) is 7.08. The van der Waals surface area contributed by atoms with E-state index in [4.69, 9.17) is 4.98 Å². The molecule has 0 saturated heterocycles. The third kappa shape index (κ3) is 1.76. The minimum Gasteiger partial charge on any atom is -0.298 e. The Hall–Kier alpha value is -0.890. The number of fused-ring (bicyclic) bond motifs is 4. The zero-order chi connectivity index (χ0) is 13.8. The Kier molecular flexibility index (Phi) is 2.97. The lowest BCUT2D eigenvalue weighted by molar-refractivity contribution is 0.0833. The summed E-state index contributed by atoms with van der Waals surface area (Å²) in [7, 11) is 4.43. The van der Waals surface area contributed by atoms with Gasteiger partial charge in [-0.1, -0.05) is 19.9 Å². The van der Waals surface area contributed by atoms with Gasteiger partial charge in [-0.2, -0.15) is 0 Å². The quantitative estimate of drug-likeness (QED) is 0.800. The molecule has 3 atom stereocenters. The van der Waals surface area contributed by atoms with Crippen LogP contribution in [0.1, 0.15) is 68.8 Å². The van der Waals surface area contributed by atoms with Gasteiger partial charge in [0.05, 0.1) is 11.2 Å². The lowest BCUT2D eigenvalue weighted by atomic mass is 9.72. The monoisotopic (exact) mass is 258 g/mol. The molecule has 0 aromatic carbocycles. The minimum absolute atomic E-state index is 0.118. The molecule has 0 spiro atoms. The molecule has 19 heavy (non-hydrogen) atoms. The number of rotatable bonds is 2. The van der Waals surface area contributed by atoms with Crippen LogP contribution in [0.25, 0.3) is 0 Å². The van der Waals surface area contributed by atoms with Crippen LogP contribution in [0.3, 0.4) is 0 Å². The molecule has 2 nitrogen and oxygen atoms in total. The van der Waals surface area contributed by atoms with Crippen molar-refractivity contribution in [1.29, 1.82) is 0 Å². The molecule has 2 aliphatic carbocycles. The van der Waals surface area contributed by atoms with E-state index >= 15 is 0 Å². The van der Waals surface area contributed by atoms with Gasteiger partial charge in [0.2, 0.25) is 0 Å². The summed E-state index contributed by atoms with van der Waals surface area (Å²) in [5.41, 5.74) is 4.25. The average molecular weight is 258 g/mol. The standard InChI is InChI=1S/C17H26N2/c1-11(2)15-9-8-14-12-6-7-13(10-12)17(3,19(4)5)16(14)18-15/h8-9,11-13H,6-7,10H2,1-5H3. The zero-order valence-electron chi connectivity index (χ0n) is 12.9. The summed E-state index contributed by atoms with van der Waals surface area (Å²) in [6, 6.07) is 4.61. The molecule has 2 heteroatoms. The van der Waals surface area contributed by atoms with Gasteiger partial charge in [0.25, 0.3) is 0 Å². The van der Waals surface area contributed by atoms with Crippen molar-refractivity contribution >= 4 is 0 Å². The number of pyridine rings is 1. The van der Waals surface area contributed by atoms with E-state index in [2.05, 4.69) is 51.9 Å². The van der Waals surface area contributed by atoms with Gasteiger partial charge in [-0.05, 0) is 69.7 Å². The normalized spacial score (nSPS) is 33.0. The smallest absolute Gasteiger partial charge is 0.0644 e. The van der Waals surface area contributed by atoms with Gasteiger partial charge in [0.1, 0.15) is 0 Å². The second kappa shape index (κ2) is 4.31. The van der Waals surface area contributed by atoms with E-state index in [1.54, 1.807) is 0 Å². The maximum atomic E-state index is 5.09. The van der Waals surface area contributed by atoms with E-state index in [-0.39, 0.29) is 5.54 Å². The van der Waals surface area contributed by atoms with Crippen LogP contribution in [-0.4, -0.2) is 24.0 Å². The van der Waals surface area contributed by atoms with Crippen LogP contribution in [-0.2, 0) is 5.54 Å². The summed E-state index contributed by atoms with van der Waals surface area (Å²) in [6.45, 7) is 6.87. The lowest BCUT2D eigenvalue weighted by Gasteiger charge is -2.45. The maximum absolute atomic E-state index is 5.09. The van der Waals surface area contributed by atoms with E-state index < -0.39 is 0 Å². The fourth-order valence-corrected chi connectivity index (χ4v) is 4.09. The first-order valence-corrected chi connectivity index (χ1v) is 7.63. The largest absolute Gasteiger partial charge is 0.298 e. The lowest BCUT2D eigenvalue weighted by Crippen LogP contribution is -2.47. The van der Waals surface area contributed by atoms with Gasteiger partial charge >= 0.3 is 0 Å². The Labute approximate surface area is 117 Å². The Morgan fingerprint density at radius 1 is 1.26 bits per heavy atom. The van der Waals surface area contributed by atoms with Gasteiger partial charge in [-0.25, -0.2) is 0 Å². The summed E-state index contributed by atoms with van der Waals surface area (Å²) in [6.07, 6.45) is 4.06. The van der Waals surface area contributed by atoms with Crippen molar-refractivity contribution in [3.8, 4) is 0 Å². The van der Waals surface area contributed by atoms with Crippen molar-refractivity contribution in [2.75, 3.05) is 14.1 Å². The number of aromatic nitrogens is 1. The van der Waals surface area contributed by atoms with Gasteiger partial charge in [-0.15, -0.1) is 0 Å². The first-order chi connectivity index (χ1) is 8.94. The summed E-state index contributed by atoms with van der Waals surface area (Å²) in [4.78, 5) is 7.48. The van der Waals surface area contributed by atoms with Gasteiger partial charge in [-0.3, -0.25) is 9.88 Å². The Morgan fingerprint density at radius 2 is 2.00 bits per heavy atom. The molecule has 2 bridgehead atoms. The average Bonchev–Trinajstić information content (AvgIpc) is 2.82. The third-order valence-electron chi connectivity index (χ3n) is 5.62. The minimum atomic E-state index is 0.118. The number of hydrogen-bond acceptors (Lipinski definition) is 2. The summed E-state index contributed by atoms with van der Waals surface area (Å²) < 4.78 is 0. The highest BCUT2D eigenvalue weighted by Crippen LogP contribution is 2.55. The van der Waals surface area contributed by atoms with Crippen molar-refractivity contribution in [3.05, 3.63) is 29.1 Å². The molecule has 0 aliphatic heterocycles. The van der Waals surface area contributed by atoms with Crippen LogP contribution in [0, 0.1) is 5.92 Å². The van der Waals surface area contributed by atoms with Crippen LogP contribution in [0.4, 0.5) is 0 Å². The van der Waals surface area contributed by atoms with Crippen LogP contribution < -0.4 is 0 Å². The number of nitrogens with zero attached hydrogens (tertiary/aromatic N) is 2. The van der Waals surface area contributed by atoms with E-state index in [9.17, 15) is 0 Å². The van der Waals surface area contributed by atoms with Crippen molar-refractivity contribution in [3.63, 3.8) is 0 Å². The zero-order valence-corrected chi connectivity index (χ0v) is 12.9. The molecule has 1 aromatic rings. The Balaban J connectivity index is 2.18. The topological polar surface area (TPSA) is 16.1 Å². The first-order valence-electron chi connectivity index (χ1n) is 7.63. The first kappa shape index (κ1) is 13.1. The highest BCUT2D eigenvalue weighted by Gasteiger charge is 2.49. The summed E-state index contributed by atoms with van der Waals surface area (Å²) in [5.74, 6) is 2.05. The molecule has 0 amide bonds. The number of hydrogen-bond donors (Lipinski definition) is 0. The molecule has 3 unspecified atom stereocenters. The fourth-order valence-electron chi connectivity index (χ4n) is 4.09. The summed E-state index contributed by atoms with van der Waals surface area (Å²) >= 11 is 0. The van der Waals surface area contributed by atoms with Crippen molar-refractivity contribution in [2.45, 2.75) is 57.4 Å². The van der Waals surface area contributed by atoms with Gasteiger partial charge in [0, 0.05) is 5.69 Å².